The van der Waals surface area contributed by atoms with E-state index in [-0.39, 0.29) is 18.5 Å². The number of carbonyl (C=O) groups excluding carboxylic acids is 1. The molecule has 3 rings (SSSR count). The molecule has 1 aliphatic rings. The van der Waals surface area contributed by atoms with Gasteiger partial charge in [-0.25, -0.2) is 8.42 Å². The maximum atomic E-state index is 12.7. The zero-order valence-electron chi connectivity index (χ0n) is 16.2. The van der Waals surface area contributed by atoms with E-state index in [0.29, 0.717) is 18.0 Å². The molecule has 6 nitrogen and oxygen atoms in total. The van der Waals surface area contributed by atoms with E-state index in [1.807, 2.05) is 25.1 Å². The van der Waals surface area contributed by atoms with Gasteiger partial charge in [0, 0.05) is 0 Å². The summed E-state index contributed by atoms with van der Waals surface area (Å²) in [6.45, 7) is 2.15. The van der Waals surface area contributed by atoms with Crippen molar-refractivity contribution >= 4 is 21.6 Å². The third-order valence-electron chi connectivity index (χ3n) is 4.83. The summed E-state index contributed by atoms with van der Waals surface area (Å²) in [5, 5.41) is 3.01. The Kier molecular flexibility index (Phi) is 6.24. The van der Waals surface area contributed by atoms with Crippen LogP contribution in [0.4, 0.5) is 5.69 Å². The Hall–Kier alpha value is -2.54. The van der Waals surface area contributed by atoms with Gasteiger partial charge in [-0.1, -0.05) is 24.3 Å². The van der Waals surface area contributed by atoms with Crippen molar-refractivity contribution in [3.63, 3.8) is 0 Å². The normalized spacial score (nSPS) is 16.1. The van der Waals surface area contributed by atoms with E-state index in [9.17, 15) is 13.2 Å². The number of amides is 1. The smallest absolute Gasteiger partial charge is 0.241 e. The van der Waals surface area contributed by atoms with Gasteiger partial charge in [-0.05, 0) is 61.6 Å². The average molecular weight is 403 g/mol. The minimum absolute atomic E-state index is 0.0841. The minimum atomic E-state index is -3.61. The molecule has 0 bridgehead atoms. The molecule has 0 heterocycles. The summed E-state index contributed by atoms with van der Waals surface area (Å²) in [5.74, 6) is 0.337. The molecule has 0 fully saturated rings. The number of ether oxygens (including phenoxy) is 1. The van der Waals surface area contributed by atoms with Crippen LogP contribution in [0.15, 0.2) is 48.5 Å². The number of sulfonamides is 1. The first-order valence-electron chi connectivity index (χ1n) is 9.46. The molecular weight excluding hydrogens is 376 g/mol. The van der Waals surface area contributed by atoms with Gasteiger partial charge in [0.25, 0.3) is 0 Å². The number of aryl methyl sites for hydroxylation is 1. The van der Waals surface area contributed by atoms with Crippen LogP contribution in [0.2, 0.25) is 0 Å². The number of hydrogen-bond acceptors (Lipinski definition) is 4. The standard InChI is InChI=1S/C21H26N2O4S/c1-3-27-18-13-11-17(12-14-18)23(28(2,25)26)15-21(24)22-20-10-6-8-16-7-4-5-9-19(16)20/h4-5,7,9,11-14,20H,3,6,8,10,15H2,1-2H3,(H,22,24). The van der Waals surface area contributed by atoms with Crippen LogP contribution in [0, 0.1) is 0 Å². The molecule has 0 radical (unpaired) electrons. The second-order valence-electron chi connectivity index (χ2n) is 6.91. The Balaban J connectivity index is 1.74. The van der Waals surface area contributed by atoms with Crippen molar-refractivity contribution in [2.24, 2.45) is 0 Å². The lowest BCUT2D eigenvalue weighted by Crippen LogP contribution is -2.42. The second-order valence-corrected chi connectivity index (χ2v) is 8.81. The molecule has 0 spiro atoms. The van der Waals surface area contributed by atoms with Gasteiger partial charge >= 0.3 is 0 Å². The number of nitrogens with zero attached hydrogens (tertiary/aromatic N) is 1. The van der Waals surface area contributed by atoms with Crippen LogP contribution in [0.25, 0.3) is 0 Å². The van der Waals surface area contributed by atoms with Gasteiger partial charge in [-0.2, -0.15) is 0 Å². The van der Waals surface area contributed by atoms with Crippen molar-refractivity contribution in [3.8, 4) is 5.75 Å². The largest absolute Gasteiger partial charge is 0.494 e. The van der Waals surface area contributed by atoms with Crippen LogP contribution in [-0.4, -0.2) is 33.7 Å². The molecule has 28 heavy (non-hydrogen) atoms. The van der Waals surface area contributed by atoms with E-state index in [1.165, 1.54) is 5.56 Å². The van der Waals surface area contributed by atoms with Gasteiger partial charge in [0.05, 0.1) is 24.6 Å². The molecule has 1 unspecified atom stereocenters. The SMILES string of the molecule is CCOc1ccc(N(CC(=O)NC2CCCc3ccccc32)S(C)(=O)=O)cc1. The van der Waals surface area contributed by atoms with Crippen LogP contribution in [-0.2, 0) is 21.2 Å². The highest BCUT2D eigenvalue weighted by molar-refractivity contribution is 7.92. The lowest BCUT2D eigenvalue weighted by Gasteiger charge is -2.28. The van der Waals surface area contributed by atoms with E-state index in [2.05, 4.69) is 11.4 Å². The Morgan fingerprint density at radius 3 is 2.57 bits per heavy atom. The highest BCUT2D eigenvalue weighted by Crippen LogP contribution is 2.29. The Bertz CT molecular complexity index is 926. The van der Waals surface area contributed by atoms with Crippen LogP contribution < -0.4 is 14.4 Å². The predicted molar refractivity (Wildman–Crippen MR) is 110 cm³/mol. The fraction of sp³-hybridized carbons (Fsp3) is 0.381. The van der Waals surface area contributed by atoms with Gasteiger partial charge in [0.2, 0.25) is 15.9 Å². The van der Waals surface area contributed by atoms with Crippen LogP contribution >= 0.6 is 0 Å². The van der Waals surface area contributed by atoms with Gasteiger partial charge < -0.3 is 10.1 Å². The molecule has 1 atom stereocenters. The number of nitrogens with one attached hydrogen (secondary N) is 1. The lowest BCUT2D eigenvalue weighted by molar-refractivity contribution is -0.120. The third-order valence-corrected chi connectivity index (χ3v) is 5.97. The van der Waals surface area contributed by atoms with Crippen molar-refractivity contribution in [2.75, 3.05) is 23.7 Å². The highest BCUT2D eigenvalue weighted by Gasteiger charge is 2.25. The van der Waals surface area contributed by atoms with Gasteiger partial charge in [-0.3, -0.25) is 9.10 Å². The van der Waals surface area contributed by atoms with Crippen molar-refractivity contribution in [1.29, 1.82) is 0 Å². The fourth-order valence-corrected chi connectivity index (χ4v) is 4.41. The van der Waals surface area contributed by atoms with E-state index in [1.54, 1.807) is 24.3 Å². The topological polar surface area (TPSA) is 75.7 Å². The fourth-order valence-electron chi connectivity index (χ4n) is 3.55. The maximum absolute atomic E-state index is 12.7. The van der Waals surface area contributed by atoms with Crippen molar-refractivity contribution in [1.82, 2.24) is 5.32 Å². The maximum Gasteiger partial charge on any atom is 0.241 e. The summed E-state index contributed by atoms with van der Waals surface area (Å²) in [4.78, 5) is 12.7. The van der Waals surface area contributed by atoms with Crippen LogP contribution in [0.1, 0.15) is 36.9 Å². The predicted octanol–water partition coefficient (Wildman–Crippen LogP) is 3.05. The summed E-state index contributed by atoms with van der Waals surface area (Å²) in [6.07, 6.45) is 3.96. The summed E-state index contributed by atoms with van der Waals surface area (Å²) in [7, 11) is -3.61. The lowest BCUT2D eigenvalue weighted by atomic mass is 9.88. The van der Waals surface area contributed by atoms with Crippen molar-refractivity contribution < 1.29 is 17.9 Å². The molecule has 0 aromatic heterocycles. The van der Waals surface area contributed by atoms with E-state index < -0.39 is 10.0 Å². The molecule has 2 aromatic carbocycles. The zero-order chi connectivity index (χ0) is 20.1. The summed E-state index contributed by atoms with van der Waals surface area (Å²) < 4.78 is 31.1. The van der Waals surface area contributed by atoms with Gasteiger partial charge in [-0.15, -0.1) is 0 Å². The molecule has 1 N–H and O–H groups in total. The minimum Gasteiger partial charge on any atom is -0.494 e. The van der Waals surface area contributed by atoms with E-state index >= 15 is 0 Å². The van der Waals surface area contributed by atoms with E-state index in [0.717, 1.165) is 35.4 Å². The number of hydrogen-bond donors (Lipinski definition) is 1. The number of benzene rings is 2. The third kappa shape index (κ3) is 4.84. The Morgan fingerprint density at radius 1 is 1.18 bits per heavy atom. The van der Waals surface area contributed by atoms with Gasteiger partial charge in [0.15, 0.2) is 0 Å². The molecule has 150 valence electrons. The molecular formula is C21H26N2O4S. The summed E-state index contributed by atoms with van der Waals surface area (Å²) in [6, 6.07) is 14.7. The molecule has 1 aliphatic carbocycles. The molecule has 0 saturated heterocycles. The van der Waals surface area contributed by atoms with Crippen LogP contribution in [0.5, 0.6) is 5.75 Å². The molecule has 1 amide bonds. The Labute approximate surface area is 166 Å². The number of carbonyl (C=O) groups is 1. The monoisotopic (exact) mass is 402 g/mol. The number of fused-ring (bicyclic) bond motifs is 1. The van der Waals surface area contributed by atoms with E-state index in [4.69, 9.17) is 4.74 Å². The molecule has 0 aliphatic heterocycles. The molecule has 7 heteroatoms. The first kappa shape index (κ1) is 20.2. The summed E-state index contributed by atoms with van der Waals surface area (Å²) >= 11 is 0. The Morgan fingerprint density at radius 2 is 1.89 bits per heavy atom. The molecule has 0 saturated carbocycles. The first-order valence-corrected chi connectivity index (χ1v) is 11.3. The number of rotatable bonds is 7. The van der Waals surface area contributed by atoms with Crippen molar-refractivity contribution in [2.45, 2.75) is 32.2 Å². The average Bonchev–Trinajstić information content (AvgIpc) is 2.67. The quantitative estimate of drug-likeness (QED) is 0.772. The number of anilines is 1. The highest BCUT2D eigenvalue weighted by atomic mass is 32.2. The first-order chi connectivity index (χ1) is 13.4. The zero-order valence-corrected chi connectivity index (χ0v) is 17.0. The second kappa shape index (κ2) is 8.65. The van der Waals surface area contributed by atoms with Crippen LogP contribution in [0.3, 0.4) is 0 Å². The summed E-state index contributed by atoms with van der Waals surface area (Å²) in [5.41, 5.74) is 2.80. The molecule has 2 aromatic rings. The van der Waals surface area contributed by atoms with Gasteiger partial charge in [0.1, 0.15) is 12.3 Å². The van der Waals surface area contributed by atoms with Crippen molar-refractivity contribution in [3.05, 3.63) is 59.7 Å².